The highest BCUT2D eigenvalue weighted by Gasteiger charge is 2.28. The van der Waals surface area contributed by atoms with Crippen molar-refractivity contribution < 1.29 is 0 Å². The fraction of sp³-hybridized carbons (Fsp3) is 0.800. The third-order valence-corrected chi connectivity index (χ3v) is 1.98. The molecule has 4 N–H and O–H groups in total. The number of aliphatic imine (C=N–C) groups is 1. The van der Waals surface area contributed by atoms with Crippen LogP contribution in [0.4, 0.5) is 0 Å². The summed E-state index contributed by atoms with van der Waals surface area (Å²) in [5.41, 5.74) is 10.3. The normalized spacial score (nSPS) is 33.0. The molecule has 0 spiro atoms. The van der Waals surface area contributed by atoms with Crippen molar-refractivity contribution in [1.29, 1.82) is 0 Å². The van der Waals surface area contributed by atoms with Crippen LogP contribution in [0.3, 0.4) is 0 Å². The van der Waals surface area contributed by atoms with Gasteiger partial charge < -0.3 is 11.5 Å². The molecule has 0 bridgehead atoms. The first-order valence-corrected chi connectivity index (χ1v) is 3.36. The Balaban J connectivity index is 2.37. The molecule has 0 aliphatic heterocycles. The van der Waals surface area contributed by atoms with Crippen LogP contribution in [0.25, 0.3) is 0 Å². The van der Waals surface area contributed by atoms with Crippen molar-refractivity contribution in [3.8, 4) is 0 Å². The van der Waals surface area contributed by atoms with Gasteiger partial charge in [-0.25, -0.2) is 4.99 Å². The monoisotopic (exact) mass is 147 g/mol. The van der Waals surface area contributed by atoms with E-state index in [1.165, 1.54) is 0 Å². The summed E-state index contributed by atoms with van der Waals surface area (Å²) in [6.45, 7) is 0. The molecule has 2 atom stereocenters. The summed E-state index contributed by atoms with van der Waals surface area (Å²) in [6.07, 6.45) is 2.05. The SMILES string of the molecule is NC(N)=N[C@H]1CCC1Cl. The molecule has 4 heteroatoms. The molecule has 1 unspecified atom stereocenters. The fourth-order valence-corrected chi connectivity index (χ4v) is 1.09. The molecule has 0 amide bonds. The molecule has 0 aromatic carbocycles. The predicted octanol–water partition coefficient (Wildman–Crippen LogP) is 0.0296. The van der Waals surface area contributed by atoms with Gasteiger partial charge >= 0.3 is 0 Å². The highest BCUT2D eigenvalue weighted by atomic mass is 35.5. The summed E-state index contributed by atoms with van der Waals surface area (Å²) in [5.74, 6) is 0.144. The maximum atomic E-state index is 5.74. The summed E-state index contributed by atoms with van der Waals surface area (Å²) in [7, 11) is 0. The average Bonchev–Trinajstić information content (AvgIpc) is 1.79. The van der Waals surface area contributed by atoms with Gasteiger partial charge in [0.2, 0.25) is 0 Å². The summed E-state index contributed by atoms with van der Waals surface area (Å²) in [5, 5.41) is 0.159. The molecule has 1 saturated carbocycles. The number of halogens is 1. The molecule has 3 nitrogen and oxygen atoms in total. The fourth-order valence-electron chi connectivity index (χ4n) is 0.779. The predicted molar refractivity (Wildman–Crippen MR) is 38.5 cm³/mol. The van der Waals surface area contributed by atoms with Gasteiger partial charge in [0.25, 0.3) is 0 Å². The van der Waals surface area contributed by atoms with Gasteiger partial charge in [0, 0.05) is 0 Å². The van der Waals surface area contributed by atoms with Gasteiger partial charge in [-0.1, -0.05) is 0 Å². The summed E-state index contributed by atoms with van der Waals surface area (Å²) >= 11 is 5.74. The number of hydrogen-bond acceptors (Lipinski definition) is 1. The lowest BCUT2D eigenvalue weighted by molar-refractivity contribution is 0.429. The van der Waals surface area contributed by atoms with E-state index in [1.54, 1.807) is 0 Å². The minimum absolute atomic E-state index is 0.144. The molecular weight excluding hydrogens is 138 g/mol. The molecule has 1 fully saturated rings. The topological polar surface area (TPSA) is 64.4 Å². The maximum Gasteiger partial charge on any atom is 0.186 e. The number of guanidine groups is 1. The minimum Gasteiger partial charge on any atom is -0.370 e. The van der Waals surface area contributed by atoms with Crippen LogP contribution in [0.1, 0.15) is 12.8 Å². The minimum atomic E-state index is 0.144. The molecule has 0 heterocycles. The quantitative estimate of drug-likeness (QED) is 0.312. The zero-order valence-corrected chi connectivity index (χ0v) is 5.80. The molecule has 52 valence electrons. The lowest BCUT2D eigenvalue weighted by Crippen LogP contribution is -2.35. The van der Waals surface area contributed by atoms with E-state index in [0.717, 1.165) is 12.8 Å². The first-order valence-electron chi connectivity index (χ1n) is 2.93. The van der Waals surface area contributed by atoms with Crippen molar-refractivity contribution in [2.75, 3.05) is 0 Å². The average molecular weight is 148 g/mol. The van der Waals surface area contributed by atoms with Crippen molar-refractivity contribution >= 4 is 17.6 Å². The van der Waals surface area contributed by atoms with E-state index in [9.17, 15) is 0 Å². The summed E-state index contributed by atoms with van der Waals surface area (Å²) in [6, 6.07) is 0.177. The van der Waals surface area contributed by atoms with Crippen LogP contribution in [0, 0.1) is 0 Å². The second-order valence-electron chi connectivity index (χ2n) is 2.21. The Morgan fingerprint density at radius 3 is 2.22 bits per heavy atom. The van der Waals surface area contributed by atoms with E-state index in [1.807, 2.05) is 0 Å². The first kappa shape index (κ1) is 6.68. The number of hydrogen-bond donors (Lipinski definition) is 2. The first-order chi connectivity index (χ1) is 4.20. The smallest absolute Gasteiger partial charge is 0.186 e. The third-order valence-electron chi connectivity index (χ3n) is 1.47. The lowest BCUT2D eigenvalue weighted by Gasteiger charge is -2.27. The maximum absolute atomic E-state index is 5.74. The highest BCUT2D eigenvalue weighted by molar-refractivity contribution is 6.21. The number of nitrogens with zero attached hydrogens (tertiary/aromatic N) is 1. The van der Waals surface area contributed by atoms with Crippen molar-refractivity contribution in [2.24, 2.45) is 16.5 Å². The van der Waals surface area contributed by atoms with Crippen molar-refractivity contribution in [1.82, 2.24) is 0 Å². The Morgan fingerprint density at radius 1 is 1.44 bits per heavy atom. The molecule has 0 aromatic rings. The Kier molecular flexibility index (Phi) is 1.81. The standard InChI is InChI=1S/C5H10ClN3/c6-3-1-2-4(3)9-5(7)8/h3-4H,1-2H2,(H4,7,8,9)/t3?,4-/m0/s1. The van der Waals surface area contributed by atoms with Crippen LogP contribution in [0.15, 0.2) is 4.99 Å². The van der Waals surface area contributed by atoms with Gasteiger partial charge in [0.15, 0.2) is 5.96 Å². The number of alkyl halides is 1. The summed E-state index contributed by atoms with van der Waals surface area (Å²) < 4.78 is 0. The number of nitrogens with two attached hydrogens (primary N) is 2. The number of rotatable bonds is 1. The molecule has 1 rings (SSSR count). The highest BCUT2D eigenvalue weighted by Crippen LogP contribution is 2.27. The molecule has 0 saturated heterocycles. The summed E-state index contributed by atoms with van der Waals surface area (Å²) in [4.78, 5) is 3.90. The Bertz CT molecular complexity index is 130. The zero-order valence-electron chi connectivity index (χ0n) is 5.05. The van der Waals surface area contributed by atoms with Crippen molar-refractivity contribution in [3.63, 3.8) is 0 Å². The van der Waals surface area contributed by atoms with Crippen LogP contribution in [-0.2, 0) is 0 Å². The van der Waals surface area contributed by atoms with Crippen molar-refractivity contribution in [2.45, 2.75) is 24.3 Å². The molecule has 9 heavy (non-hydrogen) atoms. The van der Waals surface area contributed by atoms with Gasteiger partial charge in [-0.3, -0.25) is 0 Å². The second-order valence-corrected chi connectivity index (χ2v) is 2.78. The Labute approximate surface area is 59.1 Å². The van der Waals surface area contributed by atoms with Crippen LogP contribution in [-0.4, -0.2) is 17.4 Å². The van der Waals surface area contributed by atoms with Crippen LogP contribution < -0.4 is 11.5 Å². The van der Waals surface area contributed by atoms with Crippen LogP contribution >= 0.6 is 11.6 Å². The Morgan fingerprint density at radius 2 is 2.11 bits per heavy atom. The van der Waals surface area contributed by atoms with Gasteiger partial charge in [0.1, 0.15) is 0 Å². The van der Waals surface area contributed by atoms with Crippen LogP contribution in [0.2, 0.25) is 0 Å². The van der Waals surface area contributed by atoms with Gasteiger partial charge in [-0.15, -0.1) is 11.6 Å². The van der Waals surface area contributed by atoms with E-state index >= 15 is 0 Å². The Hall–Kier alpha value is -0.440. The third kappa shape index (κ3) is 1.48. The lowest BCUT2D eigenvalue weighted by atomic mass is 9.93. The zero-order chi connectivity index (χ0) is 6.85. The largest absolute Gasteiger partial charge is 0.370 e. The molecule has 1 aliphatic carbocycles. The van der Waals surface area contributed by atoms with E-state index in [4.69, 9.17) is 23.1 Å². The van der Waals surface area contributed by atoms with E-state index in [2.05, 4.69) is 4.99 Å². The second kappa shape index (κ2) is 2.43. The van der Waals surface area contributed by atoms with Gasteiger partial charge in [-0.2, -0.15) is 0 Å². The molecular formula is C5H10ClN3. The van der Waals surface area contributed by atoms with Crippen molar-refractivity contribution in [3.05, 3.63) is 0 Å². The van der Waals surface area contributed by atoms with Gasteiger partial charge in [0.05, 0.1) is 11.4 Å². The van der Waals surface area contributed by atoms with E-state index in [-0.39, 0.29) is 17.4 Å². The van der Waals surface area contributed by atoms with Crippen LogP contribution in [0.5, 0.6) is 0 Å². The van der Waals surface area contributed by atoms with E-state index in [0.29, 0.717) is 0 Å². The molecule has 1 aliphatic rings. The molecule has 0 radical (unpaired) electrons. The molecule has 0 aromatic heterocycles. The van der Waals surface area contributed by atoms with E-state index < -0.39 is 0 Å². The van der Waals surface area contributed by atoms with Gasteiger partial charge in [-0.05, 0) is 12.8 Å².